The lowest BCUT2D eigenvalue weighted by Crippen LogP contribution is -2.51. The summed E-state index contributed by atoms with van der Waals surface area (Å²) in [6.45, 7) is 4.19. The van der Waals surface area contributed by atoms with Gasteiger partial charge < -0.3 is 15.0 Å². The number of pyridine rings is 1. The van der Waals surface area contributed by atoms with E-state index in [1.165, 1.54) is 6.07 Å². The van der Waals surface area contributed by atoms with Crippen molar-refractivity contribution in [2.24, 2.45) is 0 Å². The van der Waals surface area contributed by atoms with Gasteiger partial charge in [-0.05, 0) is 68.0 Å². The highest BCUT2D eigenvalue weighted by Gasteiger charge is 2.39. The molecule has 0 aliphatic carbocycles. The lowest BCUT2D eigenvalue weighted by molar-refractivity contribution is -0.123. The Balaban J connectivity index is 1.60. The molecule has 0 spiro atoms. The van der Waals surface area contributed by atoms with Crippen molar-refractivity contribution in [2.45, 2.75) is 38.6 Å². The Hall–Kier alpha value is -3.15. The summed E-state index contributed by atoms with van der Waals surface area (Å²) in [6.07, 6.45) is 3.73. The van der Waals surface area contributed by atoms with E-state index < -0.39 is 5.54 Å². The number of rotatable bonds is 5. The highest BCUT2D eigenvalue weighted by Crippen LogP contribution is 2.21. The lowest BCUT2D eigenvalue weighted by Gasteiger charge is -2.22. The van der Waals surface area contributed by atoms with Gasteiger partial charge >= 0.3 is 0 Å². The van der Waals surface area contributed by atoms with Gasteiger partial charge in [-0.2, -0.15) is 0 Å². The van der Waals surface area contributed by atoms with Crippen molar-refractivity contribution in [3.8, 4) is 0 Å². The number of carbonyl (C=O) groups excluding carboxylic acids is 2. The van der Waals surface area contributed by atoms with E-state index in [1.54, 1.807) is 19.1 Å². The van der Waals surface area contributed by atoms with Crippen LogP contribution in [-0.4, -0.2) is 28.3 Å². The van der Waals surface area contributed by atoms with Crippen molar-refractivity contribution in [3.63, 3.8) is 0 Å². The molecule has 3 aromatic rings. The second-order valence-corrected chi connectivity index (χ2v) is 7.89. The Labute approximate surface area is 168 Å². The third-order valence-corrected chi connectivity index (χ3v) is 5.68. The minimum absolute atomic E-state index is 0.157. The summed E-state index contributed by atoms with van der Waals surface area (Å²) in [5, 5.41) is 5.67. The maximum absolute atomic E-state index is 13.9. The molecule has 0 bridgehead atoms. The van der Waals surface area contributed by atoms with Crippen LogP contribution in [0.25, 0.3) is 5.52 Å². The summed E-state index contributed by atoms with van der Waals surface area (Å²) in [5.74, 6) is -0.628. The first kappa shape index (κ1) is 19.2. The molecule has 0 saturated carbocycles. The van der Waals surface area contributed by atoms with Crippen molar-refractivity contribution in [3.05, 3.63) is 76.9 Å². The van der Waals surface area contributed by atoms with Gasteiger partial charge in [0.2, 0.25) is 5.91 Å². The molecular weight excluding hydrogens is 369 g/mol. The van der Waals surface area contributed by atoms with E-state index in [0.29, 0.717) is 37.1 Å². The second-order valence-electron chi connectivity index (χ2n) is 7.89. The summed E-state index contributed by atoms with van der Waals surface area (Å²) < 4.78 is 15.7. The first-order valence-electron chi connectivity index (χ1n) is 9.82. The van der Waals surface area contributed by atoms with E-state index >= 15 is 0 Å². The number of fused-ring (bicyclic) bond motifs is 1. The summed E-state index contributed by atoms with van der Waals surface area (Å²) in [5.41, 5.74) is 3.06. The number of amides is 2. The van der Waals surface area contributed by atoms with Gasteiger partial charge in [-0.15, -0.1) is 0 Å². The van der Waals surface area contributed by atoms with Crippen LogP contribution in [0.5, 0.6) is 0 Å². The van der Waals surface area contributed by atoms with Gasteiger partial charge in [-0.3, -0.25) is 9.59 Å². The minimum atomic E-state index is -0.893. The zero-order valence-electron chi connectivity index (χ0n) is 16.6. The first-order valence-corrected chi connectivity index (χ1v) is 9.82. The molecule has 150 valence electrons. The Morgan fingerprint density at radius 3 is 2.76 bits per heavy atom. The molecular formula is C23H24FN3O2. The largest absolute Gasteiger partial charge is 0.354 e. The molecule has 5 nitrogen and oxygen atoms in total. The van der Waals surface area contributed by atoms with Crippen LogP contribution in [0.3, 0.4) is 0 Å². The molecule has 2 N–H and O–H groups in total. The molecule has 1 atom stereocenters. The van der Waals surface area contributed by atoms with E-state index in [0.717, 1.165) is 16.6 Å². The Bertz CT molecular complexity index is 1100. The number of nitrogens with one attached hydrogen (secondary N) is 2. The molecule has 2 amide bonds. The number of carbonyl (C=O) groups is 2. The van der Waals surface area contributed by atoms with Crippen molar-refractivity contribution >= 4 is 17.3 Å². The van der Waals surface area contributed by atoms with Gasteiger partial charge in [0, 0.05) is 18.3 Å². The standard InChI is InChI=1S/C23H24FN3O2/c1-15-13-18-10-8-16(7-9-17-5-3-4-6-19(17)24)14-27(18)20(15)21(28)26-23(2)11-12-25-22(23)29/h3-6,8,10,13-14H,7,9,11-12H2,1-2H3,(H,25,29)(H,26,28). The van der Waals surface area contributed by atoms with Gasteiger partial charge in [0.1, 0.15) is 17.1 Å². The maximum atomic E-state index is 13.9. The summed E-state index contributed by atoms with van der Waals surface area (Å²) >= 11 is 0. The van der Waals surface area contributed by atoms with Gasteiger partial charge in [0.25, 0.3) is 5.91 Å². The number of aromatic nitrogens is 1. The SMILES string of the molecule is Cc1cc2ccc(CCc3ccccc3F)cn2c1C(=O)NC1(C)CCNC1=O. The smallest absolute Gasteiger partial charge is 0.269 e. The van der Waals surface area contributed by atoms with Crippen LogP contribution in [0.1, 0.15) is 40.5 Å². The average Bonchev–Trinajstić information content (AvgIpc) is 3.18. The number of hydrogen-bond donors (Lipinski definition) is 2. The maximum Gasteiger partial charge on any atom is 0.269 e. The zero-order valence-corrected chi connectivity index (χ0v) is 16.6. The lowest BCUT2D eigenvalue weighted by atomic mass is 10.0. The molecule has 1 fully saturated rings. The molecule has 1 unspecified atom stereocenters. The topological polar surface area (TPSA) is 62.6 Å². The molecule has 1 saturated heterocycles. The van der Waals surface area contributed by atoms with Gasteiger partial charge in [0.15, 0.2) is 0 Å². The fraction of sp³-hybridized carbons (Fsp3) is 0.304. The van der Waals surface area contributed by atoms with Crippen LogP contribution >= 0.6 is 0 Å². The zero-order chi connectivity index (χ0) is 20.6. The number of aryl methyl sites for hydroxylation is 3. The van der Waals surface area contributed by atoms with Gasteiger partial charge in [-0.1, -0.05) is 24.3 Å². The molecule has 1 aliphatic rings. The van der Waals surface area contributed by atoms with Crippen molar-refractivity contribution in [1.82, 2.24) is 15.0 Å². The van der Waals surface area contributed by atoms with Crippen molar-refractivity contribution in [2.75, 3.05) is 6.54 Å². The molecule has 29 heavy (non-hydrogen) atoms. The number of hydrogen-bond acceptors (Lipinski definition) is 2. The second kappa shape index (κ2) is 7.35. The third-order valence-electron chi connectivity index (χ3n) is 5.68. The average molecular weight is 393 g/mol. The predicted molar refractivity (Wildman–Crippen MR) is 109 cm³/mol. The van der Waals surface area contributed by atoms with E-state index in [-0.39, 0.29) is 17.6 Å². The van der Waals surface area contributed by atoms with Crippen LogP contribution in [0.4, 0.5) is 4.39 Å². The predicted octanol–water partition coefficient (Wildman–Crippen LogP) is 3.18. The molecule has 6 heteroatoms. The third kappa shape index (κ3) is 3.62. The fourth-order valence-electron chi connectivity index (χ4n) is 3.93. The summed E-state index contributed by atoms with van der Waals surface area (Å²) in [6, 6.07) is 12.7. The van der Waals surface area contributed by atoms with E-state index in [9.17, 15) is 14.0 Å². The number of benzene rings is 1. The van der Waals surface area contributed by atoms with Gasteiger partial charge in [0.05, 0.1) is 0 Å². The van der Waals surface area contributed by atoms with Crippen LogP contribution in [-0.2, 0) is 17.6 Å². The van der Waals surface area contributed by atoms with Crippen LogP contribution in [0, 0.1) is 12.7 Å². The van der Waals surface area contributed by atoms with Crippen molar-refractivity contribution < 1.29 is 14.0 Å². The highest BCUT2D eigenvalue weighted by atomic mass is 19.1. The quantitative estimate of drug-likeness (QED) is 0.699. The van der Waals surface area contributed by atoms with Crippen molar-refractivity contribution in [1.29, 1.82) is 0 Å². The Kier molecular flexibility index (Phi) is 4.86. The van der Waals surface area contributed by atoms with Crippen LogP contribution in [0.15, 0.2) is 48.7 Å². The molecule has 3 heterocycles. The molecule has 0 radical (unpaired) electrons. The van der Waals surface area contributed by atoms with Gasteiger partial charge in [-0.25, -0.2) is 4.39 Å². The van der Waals surface area contributed by atoms with Crippen LogP contribution < -0.4 is 10.6 Å². The Morgan fingerprint density at radius 2 is 2.03 bits per heavy atom. The van der Waals surface area contributed by atoms with E-state index in [4.69, 9.17) is 0 Å². The normalized spacial score (nSPS) is 18.8. The number of halogens is 1. The highest BCUT2D eigenvalue weighted by molar-refractivity contribution is 6.00. The minimum Gasteiger partial charge on any atom is -0.354 e. The van der Waals surface area contributed by atoms with E-state index in [1.807, 2.05) is 41.8 Å². The summed E-state index contributed by atoms with van der Waals surface area (Å²) in [7, 11) is 0. The first-order chi connectivity index (χ1) is 13.9. The summed E-state index contributed by atoms with van der Waals surface area (Å²) in [4.78, 5) is 25.1. The molecule has 1 aliphatic heterocycles. The molecule has 4 rings (SSSR count). The number of nitrogens with zero attached hydrogens (tertiary/aromatic N) is 1. The Morgan fingerprint density at radius 1 is 1.24 bits per heavy atom. The molecule has 1 aromatic carbocycles. The molecule has 2 aromatic heterocycles. The fourth-order valence-corrected chi connectivity index (χ4v) is 3.93. The van der Waals surface area contributed by atoms with Crippen LogP contribution in [0.2, 0.25) is 0 Å². The monoisotopic (exact) mass is 393 g/mol. The van der Waals surface area contributed by atoms with E-state index in [2.05, 4.69) is 10.6 Å².